The average molecular weight is 242 g/mol. The van der Waals surface area contributed by atoms with Gasteiger partial charge in [-0.05, 0) is 6.42 Å². The van der Waals surface area contributed by atoms with Crippen molar-refractivity contribution >= 4 is 11.9 Å². The molecular weight excluding hydrogens is 220 g/mol. The highest BCUT2D eigenvalue weighted by Crippen LogP contribution is 1.95. The molecule has 6 nitrogen and oxygen atoms in total. The third-order valence-corrected chi connectivity index (χ3v) is 2.72. The van der Waals surface area contributed by atoms with E-state index < -0.39 is 0 Å². The zero-order valence-corrected chi connectivity index (χ0v) is 10.7. The smallest absolute Gasteiger partial charge is 0.317 e. The summed E-state index contributed by atoms with van der Waals surface area (Å²) in [6, 6.07) is -0.185. The van der Waals surface area contributed by atoms with Crippen LogP contribution in [0.2, 0.25) is 0 Å². The number of amides is 3. The zero-order valence-electron chi connectivity index (χ0n) is 10.7. The summed E-state index contributed by atoms with van der Waals surface area (Å²) in [5, 5.41) is 5.93. The molecule has 0 aromatic carbocycles. The Balaban J connectivity index is 2.31. The average Bonchev–Trinajstić information content (AvgIpc) is 2.36. The Morgan fingerprint density at radius 3 is 2.59 bits per heavy atom. The Morgan fingerprint density at radius 2 is 2.00 bits per heavy atom. The molecule has 0 aromatic heterocycles. The normalized spacial score (nSPS) is 15.5. The Labute approximate surface area is 102 Å². The van der Waals surface area contributed by atoms with E-state index >= 15 is 0 Å². The maximum atomic E-state index is 11.9. The lowest BCUT2D eigenvalue weighted by Gasteiger charge is -2.29. The molecule has 0 aromatic rings. The first kappa shape index (κ1) is 13.8. The minimum absolute atomic E-state index is 0.0145. The van der Waals surface area contributed by atoms with Crippen LogP contribution in [0.5, 0.6) is 0 Å². The minimum Gasteiger partial charge on any atom is -0.339 e. The lowest BCUT2D eigenvalue weighted by atomic mass is 10.3. The number of nitrogens with one attached hydrogen (secondary N) is 2. The maximum absolute atomic E-state index is 11.9. The highest BCUT2D eigenvalue weighted by molar-refractivity contribution is 5.84. The number of carbonyl (C=O) groups is 2. The molecule has 0 aliphatic carbocycles. The third-order valence-electron chi connectivity index (χ3n) is 2.72. The SMILES string of the molecule is CCCNC(=O)N(C)CC(=O)N1CCNCC1. The van der Waals surface area contributed by atoms with Crippen molar-refractivity contribution in [3.8, 4) is 0 Å². The van der Waals surface area contributed by atoms with Crippen molar-refractivity contribution in [3.05, 3.63) is 0 Å². The monoisotopic (exact) mass is 242 g/mol. The second-order valence-electron chi connectivity index (χ2n) is 4.22. The highest BCUT2D eigenvalue weighted by atomic mass is 16.2. The van der Waals surface area contributed by atoms with Gasteiger partial charge in [0.25, 0.3) is 0 Å². The predicted octanol–water partition coefficient (Wildman–Crippen LogP) is -0.530. The number of piperazine rings is 1. The summed E-state index contributed by atoms with van der Waals surface area (Å²) < 4.78 is 0. The lowest BCUT2D eigenvalue weighted by Crippen LogP contribution is -2.50. The summed E-state index contributed by atoms with van der Waals surface area (Å²) in [5.74, 6) is 0.0145. The van der Waals surface area contributed by atoms with Crippen molar-refractivity contribution in [1.82, 2.24) is 20.4 Å². The van der Waals surface area contributed by atoms with Gasteiger partial charge < -0.3 is 20.4 Å². The van der Waals surface area contributed by atoms with E-state index in [2.05, 4.69) is 10.6 Å². The van der Waals surface area contributed by atoms with Crippen LogP contribution in [0, 0.1) is 0 Å². The molecule has 1 heterocycles. The third kappa shape index (κ3) is 4.60. The first-order valence-electron chi connectivity index (χ1n) is 6.12. The van der Waals surface area contributed by atoms with Crippen LogP contribution in [0.1, 0.15) is 13.3 Å². The summed E-state index contributed by atoms with van der Waals surface area (Å²) in [7, 11) is 1.64. The van der Waals surface area contributed by atoms with Crippen LogP contribution in [0.25, 0.3) is 0 Å². The molecule has 0 bridgehead atoms. The van der Waals surface area contributed by atoms with Gasteiger partial charge in [0.05, 0.1) is 0 Å². The summed E-state index contributed by atoms with van der Waals surface area (Å²) in [4.78, 5) is 26.6. The van der Waals surface area contributed by atoms with Crippen LogP contribution in [-0.4, -0.2) is 68.1 Å². The van der Waals surface area contributed by atoms with Gasteiger partial charge in [0.15, 0.2) is 0 Å². The summed E-state index contributed by atoms with van der Waals surface area (Å²) in [5.41, 5.74) is 0. The molecule has 17 heavy (non-hydrogen) atoms. The molecule has 1 saturated heterocycles. The lowest BCUT2D eigenvalue weighted by molar-refractivity contribution is -0.132. The van der Waals surface area contributed by atoms with Gasteiger partial charge in [0.1, 0.15) is 6.54 Å². The number of hydrogen-bond donors (Lipinski definition) is 2. The van der Waals surface area contributed by atoms with E-state index in [1.54, 1.807) is 11.9 Å². The predicted molar refractivity (Wildman–Crippen MR) is 65.8 cm³/mol. The van der Waals surface area contributed by atoms with Gasteiger partial charge >= 0.3 is 6.03 Å². The second kappa shape index (κ2) is 7.11. The van der Waals surface area contributed by atoms with E-state index in [4.69, 9.17) is 0 Å². The molecule has 0 radical (unpaired) electrons. The Hall–Kier alpha value is -1.30. The van der Waals surface area contributed by atoms with Crippen molar-refractivity contribution < 1.29 is 9.59 Å². The number of hydrogen-bond acceptors (Lipinski definition) is 3. The van der Waals surface area contributed by atoms with Crippen molar-refractivity contribution in [2.45, 2.75) is 13.3 Å². The first-order valence-corrected chi connectivity index (χ1v) is 6.12. The topological polar surface area (TPSA) is 64.7 Å². The summed E-state index contributed by atoms with van der Waals surface area (Å²) >= 11 is 0. The summed E-state index contributed by atoms with van der Waals surface area (Å²) in [6.45, 7) is 5.90. The van der Waals surface area contributed by atoms with Gasteiger partial charge in [-0.3, -0.25) is 4.79 Å². The first-order chi connectivity index (χ1) is 8.15. The van der Waals surface area contributed by atoms with Crippen LogP contribution < -0.4 is 10.6 Å². The molecule has 1 aliphatic rings. The Bertz CT molecular complexity index is 264. The number of rotatable bonds is 4. The van der Waals surface area contributed by atoms with Crippen LogP contribution in [0.15, 0.2) is 0 Å². The zero-order chi connectivity index (χ0) is 12.7. The Morgan fingerprint density at radius 1 is 1.35 bits per heavy atom. The highest BCUT2D eigenvalue weighted by Gasteiger charge is 2.19. The molecule has 0 atom stereocenters. The number of nitrogens with zero attached hydrogens (tertiary/aromatic N) is 2. The van der Waals surface area contributed by atoms with E-state index in [1.807, 2.05) is 6.92 Å². The fraction of sp³-hybridized carbons (Fsp3) is 0.818. The largest absolute Gasteiger partial charge is 0.339 e. The fourth-order valence-electron chi connectivity index (χ4n) is 1.66. The van der Waals surface area contributed by atoms with Gasteiger partial charge in [-0.25, -0.2) is 4.79 Å². The molecule has 1 fully saturated rings. The second-order valence-corrected chi connectivity index (χ2v) is 4.22. The fourth-order valence-corrected chi connectivity index (χ4v) is 1.66. The van der Waals surface area contributed by atoms with Crippen molar-refractivity contribution in [3.63, 3.8) is 0 Å². The van der Waals surface area contributed by atoms with E-state index in [-0.39, 0.29) is 18.5 Å². The molecule has 98 valence electrons. The van der Waals surface area contributed by atoms with Crippen LogP contribution >= 0.6 is 0 Å². The quantitative estimate of drug-likeness (QED) is 0.696. The maximum Gasteiger partial charge on any atom is 0.317 e. The van der Waals surface area contributed by atoms with Gasteiger partial charge in [-0.2, -0.15) is 0 Å². The molecule has 0 saturated carbocycles. The molecule has 2 N–H and O–H groups in total. The van der Waals surface area contributed by atoms with E-state index in [0.29, 0.717) is 6.54 Å². The van der Waals surface area contributed by atoms with Crippen molar-refractivity contribution in [2.24, 2.45) is 0 Å². The van der Waals surface area contributed by atoms with E-state index in [0.717, 1.165) is 32.6 Å². The summed E-state index contributed by atoms with van der Waals surface area (Å²) in [6.07, 6.45) is 0.894. The van der Waals surface area contributed by atoms with Crippen molar-refractivity contribution in [1.29, 1.82) is 0 Å². The van der Waals surface area contributed by atoms with Gasteiger partial charge in [0.2, 0.25) is 5.91 Å². The van der Waals surface area contributed by atoms with Gasteiger partial charge in [-0.15, -0.1) is 0 Å². The molecule has 6 heteroatoms. The molecule has 0 spiro atoms. The number of carbonyl (C=O) groups excluding carboxylic acids is 2. The molecule has 1 rings (SSSR count). The number of urea groups is 1. The van der Waals surface area contributed by atoms with Crippen LogP contribution in [0.3, 0.4) is 0 Å². The van der Waals surface area contributed by atoms with Crippen molar-refractivity contribution in [2.75, 3.05) is 46.3 Å². The molecule has 1 aliphatic heterocycles. The van der Waals surface area contributed by atoms with Crippen LogP contribution in [-0.2, 0) is 4.79 Å². The number of likely N-dealkylation sites (N-methyl/N-ethyl adjacent to an activating group) is 1. The van der Waals surface area contributed by atoms with Gasteiger partial charge in [0, 0.05) is 39.8 Å². The van der Waals surface area contributed by atoms with Crippen LogP contribution in [0.4, 0.5) is 4.79 Å². The molecule has 3 amide bonds. The minimum atomic E-state index is -0.185. The molecule has 0 unspecified atom stereocenters. The van der Waals surface area contributed by atoms with Gasteiger partial charge in [-0.1, -0.05) is 6.92 Å². The van der Waals surface area contributed by atoms with E-state index in [9.17, 15) is 9.59 Å². The Kier molecular flexibility index (Phi) is 5.76. The van der Waals surface area contributed by atoms with E-state index in [1.165, 1.54) is 4.90 Å². The molecular formula is C11H22N4O2. The standard InChI is InChI=1S/C11H22N4O2/c1-3-4-13-11(17)14(2)9-10(16)15-7-5-12-6-8-15/h12H,3-9H2,1-2H3,(H,13,17).